The van der Waals surface area contributed by atoms with E-state index in [0.29, 0.717) is 11.3 Å². The lowest BCUT2D eigenvalue weighted by molar-refractivity contribution is 0.0724. The second-order valence-corrected chi connectivity index (χ2v) is 4.11. The van der Waals surface area contributed by atoms with E-state index in [0.717, 1.165) is 25.9 Å². The van der Waals surface area contributed by atoms with Crippen molar-refractivity contribution in [3.8, 4) is 0 Å². The zero-order valence-electron chi connectivity index (χ0n) is 9.56. The first-order chi connectivity index (χ1) is 8.31. The molecule has 4 nitrogen and oxygen atoms in total. The topological polar surface area (TPSA) is 49.7 Å². The molecule has 1 aromatic rings. The fraction of sp³-hybridized carbons (Fsp3) is 0.385. The van der Waals surface area contributed by atoms with Crippen molar-refractivity contribution in [2.75, 3.05) is 13.1 Å². The van der Waals surface area contributed by atoms with Crippen LogP contribution in [0.25, 0.3) is 0 Å². The van der Waals surface area contributed by atoms with Crippen LogP contribution in [0.1, 0.15) is 29.6 Å². The van der Waals surface area contributed by atoms with E-state index >= 15 is 0 Å². The van der Waals surface area contributed by atoms with Crippen molar-refractivity contribution in [2.24, 2.45) is 4.99 Å². The van der Waals surface area contributed by atoms with Crippen molar-refractivity contribution in [3.05, 3.63) is 29.8 Å². The molecule has 2 rings (SSSR count). The normalized spacial score (nSPS) is 15.2. The first kappa shape index (κ1) is 11.6. The van der Waals surface area contributed by atoms with Crippen LogP contribution in [0.3, 0.4) is 0 Å². The standard InChI is InChI=1S/C13H14N2O2/c16-10-14-12-6-4-5-11(9-12)13(17)15-7-2-1-3-8-15/h4-6,9H,1-3,7-8H2. The van der Waals surface area contributed by atoms with Crippen molar-refractivity contribution in [3.63, 3.8) is 0 Å². The predicted molar refractivity (Wildman–Crippen MR) is 64.0 cm³/mol. The zero-order valence-corrected chi connectivity index (χ0v) is 9.56. The highest BCUT2D eigenvalue weighted by Crippen LogP contribution is 2.17. The van der Waals surface area contributed by atoms with Crippen LogP contribution in [0.2, 0.25) is 0 Å². The third-order valence-corrected chi connectivity index (χ3v) is 2.91. The molecule has 0 spiro atoms. The number of carbonyl (C=O) groups excluding carboxylic acids is 2. The molecule has 0 atom stereocenters. The maximum Gasteiger partial charge on any atom is 0.253 e. The van der Waals surface area contributed by atoms with Crippen molar-refractivity contribution in [2.45, 2.75) is 19.3 Å². The van der Waals surface area contributed by atoms with Crippen LogP contribution in [0.15, 0.2) is 29.3 Å². The maximum atomic E-state index is 12.1. The van der Waals surface area contributed by atoms with Crippen LogP contribution < -0.4 is 0 Å². The molecule has 17 heavy (non-hydrogen) atoms. The largest absolute Gasteiger partial charge is 0.339 e. The molecule has 0 aromatic heterocycles. The Bertz CT molecular complexity index is 458. The first-order valence-electron chi connectivity index (χ1n) is 5.78. The van der Waals surface area contributed by atoms with Gasteiger partial charge >= 0.3 is 0 Å². The monoisotopic (exact) mass is 230 g/mol. The summed E-state index contributed by atoms with van der Waals surface area (Å²) in [7, 11) is 0. The zero-order chi connectivity index (χ0) is 12.1. The number of likely N-dealkylation sites (tertiary alicyclic amines) is 1. The van der Waals surface area contributed by atoms with E-state index in [1.807, 2.05) is 4.90 Å². The van der Waals surface area contributed by atoms with Crippen LogP contribution in [0.4, 0.5) is 5.69 Å². The molecule has 1 amide bonds. The van der Waals surface area contributed by atoms with E-state index in [9.17, 15) is 9.59 Å². The molecule has 0 saturated carbocycles. The number of isocyanates is 1. The van der Waals surface area contributed by atoms with Gasteiger partial charge in [-0.2, -0.15) is 4.99 Å². The number of hydrogen-bond acceptors (Lipinski definition) is 3. The maximum absolute atomic E-state index is 12.1. The van der Waals surface area contributed by atoms with Gasteiger partial charge in [-0.15, -0.1) is 0 Å². The number of hydrogen-bond donors (Lipinski definition) is 0. The van der Waals surface area contributed by atoms with E-state index < -0.39 is 0 Å². The summed E-state index contributed by atoms with van der Waals surface area (Å²) < 4.78 is 0. The van der Waals surface area contributed by atoms with Crippen LogP contribution in [-0.2, 0) is 4.79 Å². The number of carbonyl (C=O) groups is 1. The predicted octanol–water partition coefficient (Wildman–Crippen LogP) is 2.28. The van der Waals surface area contributed by atoms with E-state index in [2.05, 4.69) is 4.99 Å². The van der Waals surface area contributed by atoms with Crippen molar-refractivity contribution in [1.29, 1.82) is 0 Å². The summed E-state index contributed by atoms with van der Waals surface area (Å²) in [6.07, 6.45) is 4.81. The summed E-state index contributed by atoms with van der Waals surface area (Å²) in [6, 6.07) is 6.79. The molecule has 0 radical (unpaired) electrons. The fourth-order valence-electron chi connectivity index (χ4n) is 2.04. The second kappa shape index (κ2) is 5.41. The lowest BCUT2D eigenvalue weighted by Crippen LogP contribution is -2.35. The van der Waals surface area contributed by atoms with Crippen molar-refractivity contribution < 1.29 is 9.59 Å². The minimum Gasteiger partial charge on any atom is -0.339 e. The molecule has 1 heterocycles. The smallest absolute Gasteiger partial charge is 0.253 e. The Balaban J connectivity index is 2.17. The van der Waals surface area contributed by atoms with Crippen LogP contribution in [0.5, 0.6) is 0 Å². The van der Waals surface area contributed by atoms with Crippen molar-refractivity contribution in [1.82, 2.24) is 4.90 Å². The summed E-state index contributed by atoms with van der Waals surface area (Å²) in [6.45, 7) is 1.64. The fourth-order valence-corrected chi connectivity index (χ4v) is 2.04. The molecule has 4 heteroatoms. The lowest BCUT2D eigenvalue weighted by atomic mass is 10.1. The highest BCUT2D eigenvalue weighted by molar-refractivity contribution is 5.95. The Labute approximate surface area is 100.0 Å². The van der Waals surface area contributed by atoms with Gasteiger partial charge in [0.15, 0.2) is 0 Å². The Morgan fingerprint density at radius 3 is 2.71 bits per heavy atom. The van der Waals surface area contributed by atoms with E-state index in [1.165, 1.54) is 12.5 Å². The van der Waals surface area contributed by atoms with Gasteiger partial charge in [0.2, 0.25) is 6.08 Å². The minimum absolute atomic E-state index is 0.0210. The molecule has 1 aliphatic rings. The lowest BCUT2D eigenvalue weighted by Gasteiger charge is -2.26. The molecule has 0 unspecified atom stereocenters. The molecular formula is C13H14N2O2. The van der Waals surface area contributed by atoms with Gasteiger partial charge in [-0.05, 0) is 37.5 Å². The van der Waals surface area contributed by atoms with Crippen molar-refractivity contribution >= 4 is 17.7 Å². The average Bonchev–Trinajstić information content (AvgIpc) is 2.40. The van der Waals surface area contributed by atoms with Gasteiger partial charge in [-0.25, -0.2) is 4.79 Å². The van der Waals surface area contributed by atoms with Gasteiger partial charge < -0.3 is 4.90 Å². The van der Waals surface area contributed by atoms with Gasteiger partial charge in [0.05, 0.1) is 5.69 Å². The highest BCUT2D eigenvalue weighted by Gasteiger charge is 2.17. The Hall–Kier alpha value is -1.93. The molecule has 1 saturated heterocycles. The summed E-state index contributed by atoms with van der Waals surface area (Å²) in [4.78, 5) is 27.7. The quantitative estimate of drug-likeness (QED) is 0.578. The molecule has 1 fully saturated rings. The average molecular weight is 230 g/mol. The molecular weight excluding hydrogens is 216 g/mol. The van der Waals surface area contributed by atoms with Gasteiger partial charge in [-0.1, -0.05) is 6.07 Å². The van der Waals surface area contributed by atoms with E-state index in [4.69, 9.17) is 0 Å². The first-order valence-corrected chi connectivity index (χ1v) is 5.78. The highest BCUT2D eigenvalue weighted by atomic mass is 16.2. The number of nitrogens with zero attached hydrogens (tertiary/aromatic N) is 2. The third-order valence-electron chi connectivity index (χ3n) is 2.91. The number of piperidine rings is 1. The number of amides is 1. The number of rotatable bonds is 2. The second-order valence-electron chi connectivity index (χ2n) is 4.11. The molecule has 1 aliphatic heterocycles. The summed E-state index contributed by atoms with van der Waals surface area (Å²) >= 11 is 0. The van der Waals surface area contributed by atoms with Gasteiger partial charge in [0.25, 0.3) is 5.91 Å². The Morgan fingerprint density at radius 2 is 2.00 bits per heavy atom. The number of aliphatic imine (C=N–C) groups is 1. The van der Waals surface area contributed by atoms with Crippen LogP contribution in [0, 0.1) is 0 Å². The van der Waals surface area contributed by atoms with Crippen LogP contribution >= 0.6 is 0 Å². The molecule has 1 aromatic carbocycles. The van der Waals surface area contributed by atoms with E-state index in [1.54, 1.807) is 24.3 Å². The van der Waals surface area contributed by atoms with E-state index in [-0.39, 0.29) is 5.91 Å². The number of benzene rings is 1. The minimum atomic E-state index is 0.0210. The molecule has 0 aliphatic carbocycles. The SMILES string of the molecule is O=C=Nc1cccc(C(=O)N2CCCCC2)c1. The summed E-state index contributed by atoms with van der Waals surface area (Å²) in [5, 5.41) is 0. The molecule has 0 bridgehead atoms. The summed E-state index contributed by atoms with van der Waals surface area (Å²) in [5.41, 5.74) is 1.06. The third kappa shape index (κ3) is 2.80. The van der Waals surface area contributed by atoms with Crippen LogP contribution in [-0.4, -0.2) is 30.0 Å². The van der Waals surface area contributed by atoms with Gasteiger partial charge in [0, 0.05) is 18.7 Å². The molecule has 88 valence electrons. The molecule has 0 N–H and O–H groups in total. The van der Waals surface area contributed by atoms with Gasteiger partial charge in [0.1, 0.15) is 0 Å². The Morgan fingerprint density at radius 1 is 1.24 bits per heavy atom. The van der Waals surface area contributed by atoms with Gasteiger partial charge in [-0.3, -0.25) is 4.79 Å². The summed E-state index contributed by atoms with van der Waals surface area (Å²) in [5.74, 6) is 0.0210. The Kier molecular flexibility index (Phi) is 3.68.